The first-order chi connectivity index (χ1) is 14.7. The van der Waals surface area contributed by atoms with Crippen LogP contribution in [0.4, 0.5) is 0 Å². The van der Waals surface area contributed by atoms with E-state index in [4.69, 9.17) is 30.3 Å². The quantitative estimate of drug-likeness (QED) is 0.487. The van der Waals surface area contributed by atoms with E-state index >= 15 is 0 Å². The zero-order valence-electron chi connectivity index (χ0n) is 15.6. The number of ether oxygens (including phenoxy) is 3. The lowest BCUT2D eigenvalue weighted by Gasteiger charge is -2.24. The third-order valence-corrected chi connectivity index (χ3v) is 5.49. The number of halogens is 1. The molecule has 0 unspecified atom stereocenters. The molecule has 2 aromatic heterocycles. The third-order valence-electron chi connectivity index (χ3n) is 5.16. The molecule has 4 heterocycles. The van der Waals surface area contributed by atoms with Crippen LogP contribution in [0.3, 0.4) is 0 Å². The molecule has 6 rings (SSSR count). The van der Waals surface area contributed by atoms with E-state index in [1.165, 1.54) is 0 Å². The second-order valence-corrected chi connectivity index (χ2v) is 7.43. The van der Waals surface area contributed by atoms with Crippen LogP contribution in [0.5, 0.6) is 11.5 Å². The van der Waals surface area contributed by atoms with Crippen LogP contribution in [0.15, 0.2) is 53.1 Å². The van der Waals surface area contributed by atoms with Gasteiger partial charge >= 0.3 is 0 Å². The van der Waals surface area contributed by atoms with E-state index in [1.807, 2.05) is 47.1 Å². The Morgan fingerprint density at radius 1 is 1.03 bits per heavy atom. The summed E-state index contributed by atoms with van der Waals surface area (Å²) in [6.45, 7) is 1.25. The van der Waals surface area contributed by atoms with Crippen molar-refractivity contribution in [2.24, 2.45) is 0 Å². The average Bonchev–Trinajstić information content (AvgIpc) is 3.51. The second kappa shape index (κ2) is 6.86. The Balaban J connectivity index is 1.26. The molecule has 0 amide bonds. The van der Waals surface area contributed by atoms with Gasteiger partial charge in [-0.2, -0.15) is 10.1 Å². The van der Waals surface area contributed by atoms with Gasteiger partial charge in [0.25, 0.3) is 5.89 Å². The molecule has 0 N–H and O–H groups in total. The molecule has 2 aliphatic rings. The van der Waals surface area contributed by atoms with Crippen LogP contribution in [-0.4, -0.2) is 26.7 Å². The van der Waals surface area contributed by atoms with Gasteiger partial charge in [0, 0.05) is 5.56 Å². The Morgan fingerprint density at radius 2 is 1.93 bits per heavy atom. The van der Waals surface area contributed by atoms with E-state index in [0.717, 1.165) is 22.8 Å². The fourth-order valence-corrected chi connectivity index (χ4v) is 3.84. The molecule has 8 nitrogen and oxygen atoms in total. The van der Waals surface area contributed by atoms with Crippen LogP contribution in [-0.2, 0) is 17.9 Å². The standard InChI is InChI=1S/C21H15ClN4O4/c22-15-4-2-1-3-14(15)20-23-21(30-25-20)16-8-13-10-27-19(9-26(13)24-16)12-5-6-17-18(7-12)29-11-28-17/h1-8,19H,9-11H2/t19-/m1/s1. The molecule has 0 radical (unpaired) electrons. The van der Waals surface area contributed by atoms with Crippen LogP contribution in [0, 0.1) is 0 Å². The number of fused-ring (bicyclic) bond motifs is 2. The highest BCUT2D eigenvalue weighted by atomic mass is 35.5. The number of rotatable bonds is 3. The molecule has 30 heavy (non-hydrogen) atoms. The maximum absolute atomic E-state index is 6.23. The van der Waals surface area contributed by atoms with Gasteiger partial charge in [-0.25, -0.2) is 0 Å². The highest BCUT2D eigenvalue weighted by Crippen LogP contribution is 2.37. The highest BCUT2D eigenvalue weighted by molar-refractivity contribution is 6.33. The largest absolute Gasteiger partial charge is 0.454 e. The number of hydrogen-bond donors (Lipinski definition) is 0. The van der Waals surface area contributed by atoms with Gasteiger partial charge in [-0.05, 0) is 35.9 Å². The summed E-state index contributed by atoms with van der Waals surface area (Å²) in [6, 6.07) is 15.1. The summed E-state index contributed by atoms with van der Waals surface area (Å²) in [4.78, 5) is 4.46. The lowest BCUT2D eigenvalue weighted by atomic mass is 10.1. The minimum absolute atomic E-state index is 0.138. The Hall–Kier alpha value is -3.36. The normalized spacial score (nSPS) is 17.2. The minimum atomic E-state index is -0.138. The molecule has 0 spiro atoms. The van der Waals surface area contributed by atoms with E-state index in [1.54, 1.807) is 6.07 Å². The fraction of sp³-hybridized carbons (Fsp3) is 0.190. The Labute approximate surface area is 175 Å². The van der Waals surface area contributed by atoms with Crippen molar-refractivity contribution in [3.8, 4) is 34.5 Å². The van der Waals surface area contributed by atoms with E-state index < -0.39 is 0 Å². The van der Waals surface area contributed by atoms with Gasteiger partial charge < -0.3 is 18.7 Å². The summed E-state index contributed by atoms with van der Waals surface area (Å²) in [6.07, 6.45) is -0.138. The molecule has 0 saturated heterocycles. The number of hydrogen-bond acceptors (Lipinski definition) is 7. The minimum Gasteiger partial charge on any atom is -0.454 e. The monoisotopic (exact) mass is 422 g/mol. The van der Waals surface area contributed by atoms with Crippen molar-refractivity contribution in [3.63, 3.8) is 0 Å². The summed E-state index contributed by atoms with van der Waals surface area (Å²) < 4.78 is 24.2. The van der Waals surface area contributed by atoms with Crippen molar-refractivity contribution in [3.05, 3.63) is 64.8 Å². The molecule has 2 aliphatic heterocycles. The van der Waals surface area contributed by atoms with Crippen molar-refractivity contribution < 1.29 is 18.7 Å². The lowest BCUT2D eigenvalue weighted by Crippen LogP contribution is -2.21. The van der Waals surface area contributed by atoms with E-state index in [0.29, 0.717) is 41.1 Å². The zero-order valence-corrected chi connectivity index (χ0v) is 16.4. The van der Waals surface area contributed by atoms with Crippen LogP contribution < -0.4 is 9.47 Å². The van der Waals surface area contributed by atoms with Crippen molar-refractivity contribution in [1.29, 1.82) is 0 Å². The smallest absolute Gasteiger partial charge is 0.278 e. The van der Waals surface area contributed by atoms with Crippen molar-refractivity contribution in [1.82, 2.24) is 19.9 Å². The van der Waals surface area contributed by atoms with E-state index in [2.05, 4.69) is 15.2 Å². The van der Waals surface area contributed by atoms with Gasteiger partial charge in [0.15, 0.2) is 17.2 Å². The molecule has 2 aromatic carbocycles. The summed E-state index contributed by atoms with van der Waals surface area (Å²) in [5.41, 5.74) is 3.27. The summed E-state index contributed by atoms with van der Waals surface area (Å²) in [5.74, 6) is 2.26. The SMILES string of the molecule is Clc1ccccc1-c1noc(-c2cc3n(n2)C[C@H](c2ccc4c(c2)OCO4)OC3)n1. The highest BCUT2D eigenvalue weighted by Gasteiger charge is 2.26. The van der Waals surface area contributed by atoms with Gasteiger partial charge in [0.05, 0.1) is 23.9 Å². The Kier molecular flexibility index (Phi) is 4.00. The molecule has 0 saturated carbocycles. The van der Waals surface area contributed by atoms with Crippen molar-refractivity contribution in [2.75, 3.05) is 6.79 Å². The summed E-state index contributed by atoms with van der Waals surface area (Å²) >= 11 is 6.23. The first kappa shape index (κ1) is 17.5. The molecule has 1 atom stereocenters. The Bertz CT molecular complexity index is 1250. The second-order valence-electron chi connectivity index (χ2n) is 7.02. The van der Waals surface area contributed by atoms with E-state index in [-0.39, 0.29) is 12.9 Å². The fourth-order valence-electron chi connectivity index (χ4n) is 3.62. The summed E-state index contributed by atoms with van der Waals surface area (Å²) in [7, 11) is 0. The summed E-state index contributed by atoms with van der Waals surface area (Å²) in [5, 5.41) is 9.26. The molecule has 150 valence electrons. The van der Waals surface area contributed by atoms with Gasteiger partial charge in [-0.15, -0.1) is 0 Å². The Morgan fingerprint density at radius 3 is 2.87 bits per heavy atom. The van der Waals surface area contributed by atoms with Crippen LogP contribution >= 0.6 is 11.6 Å². The molecule has 0 fully saturated rings. The maximum atomic E-state index is 6.23. The number of benzene rings is 2. The molecular weight excluding hydrogens is 408 g/mol. The zero-order chi connectivity index (χ0) is 20.1. The number of nitrogens with zero attached hydrogens (tertiary/aromatic N) is 4. The van der Waals surface area contributed by atoms with Crippen molar-refractivity contribution in [2.45, 2.75) is 19.3 Å². The van der Waals surface area contributed by atoms with Gasteiger partial charge in [0.1, 0.15) is 6.10 Å². The average molecular weight is 423 g/mol. The van der Waals surface area contributed by atoms with Gasteiger partial charge in [-0.1, -0.05) is 35.0 Å². The van der Waals surface area contributed by atoms with Gasteiger partial charge in [-0.3, -0.25) is 4.68 Å². The first-order valence-corrected chi connectivity index (χ1v) is 9.79. The third kappa shape index (κ3) is 2.92. The molecule has 0 aliphatic carbocycles. The number of aromatic nitrogens is 4. The van der Waals surface area contributed by atoms with Crippen LogP contribution in [0.1, 0.15) is 17.4 Å². The lowest BCUT2D eigenvalue weighted by molar-refractivity contribution is -0.00122. The topological polar surface area (TPSA) is 84.4 Å². The predicted molar refractivity (Wildman–Crippen MR) is 106 cm³/mol. The first-order valence-electron chi connectivity index (χ1n) is 9.41. The van der Waals surface area contributed by atoms with E-state index in [9.17, 15) is 0 Å². The maximum Gasteiger partial charge on any atom is 0.278 e. The molecule has 0 bridgehead atoms. The van der Waals surface area contributed by atoms with Crippen LogP contribution in [0.25, 0.3) is 23.0 Å². The van der Waals surface area contributed by atoms with Crippen molar-refractivity contribution >= 4 is 11.6 Å². The molecular formula is C21H15ClN4O4. The molecule has 9 heteroatoms. The predicted octanol–water partition coefficient (Wildman–Crippen LogP) is 4.25. The molecule has 4 aromatic rings. The van der Waals surface area contributed by atoms with Crippen LogP contribution in [0.2, 0.25) is 5.02 Å². The van der Waals surface area contributed by atoms with Gasteiger partial charge in [0.2, 0.25) is 12.6 Å².